The van der Waals surface area contributed by atoms with Crippen LogP contribution in [0, 0.1) is 11.3 Å². The second-order valence-corrected chi connectivity index (χ2v) is 7.00. The number of amides is 1. The number of nitrogens with one attached hydrogen (secondary N) is 1. The van der Waals surface area contributed by atoms with Gasteiger partial charge in [0, 0.05) is 5.69 Å². The molecule has 102 valence electrons. The van der Waals surface area contributed by atoms with Crippen LogP contribution in [0.1, 0.15) is 49.6 Å². The highest BCUT2D eigenvalue weighted by atomic mass is 35.5. The monoisotopic (exact) mass is 277 g/mol. The van der Waals surface area contributed by atoms with E-state index in [2.05, 4.69) is 31.3 Å². The molecule has 0 spiro atoms. The summed E-state index contributed by atoms with van der Waals surface area (Å²) in [5.74, 6) is 0.608. The lowest BCUT2D eigenvalue weighted by molar-refractivity contribution is -0.115. The zero-order chi connectivity index (χ0) is 13.6. The van der Waals surface area contributed by atoms with Crippen molar-refractivity contribution in [2.24, 2.45) is 11.3 Å². The molecule has 19 heavy (non-hydrogen) atoms. The van der Waals surface area contributed by atoms with Crippen molar-refractivity contribution in [3.63, 3.8) is 0 Å². The Kier molecular flexibility index (Phi) is 3.09. The molecule has 1 N–H and O–H groups in total. The van der Waals surface area contributed by atoms with Crippen LogP contribution in [0.5, 0.6) is 0 Å². The molecule has 1 aromatic rings. The Morgan fingerprint density at radius 1 is 1.42 bits per heavy atom. The van der Waals surface area contributed by atoms with Crippen LogP contribution in [-0.4, -0.2) is 5.91 Å². The number of hydrogen-bond donors (Lipinski definition) is 1. The van der Waals surface area contributed by atoms with Gasteiger partial charge in [-0.1, -0.05) is 32.4 Å². The average Bonchev–Trinajstić information content (AvgIpc) is 2.88. The predicted molar refractivity (Wildman–Crippen MR) is 78.5 cm³/mol. The Morgan fingerprint density at radius 2 is 2.21 bits per heavy atom. The Hall–Kier alpha value is -1.02. The fourth-order valence-corrected chi connectivity index (χ4v) is 4.15. The molecule has 1 heterocycles. The Balaban J connectivity index is 1.87. The van der Waals surface area contributed by atoms with Gasteiger partial charge < -0.3 is 5.32 Å². The SMILES string of the molecule is CC1(C)CCCC1C(Cl)c1ccc2c(c1)CC(=O)N2. The van der Waals surface area contributed by atoms with Gasteiger partial charge in [-0.15, -0.1) is 11.6 Å². The van der Waals surface area contributed by atoms with Crippen LogP contribution in [0.25, 0.3) is 0 Å². The zero-order valence-electron chi connectivity index (χ0n) is 11.5. The third-order valence-corrected chi connectivity index (χ3v) is 5.32. The predicted octanol–water partition coefficient (Wildman–Crippen LogP) is 4.29. The van der Waals surface area contributed by atoms with Gasteiger partial charge >= 0.3 is 0 Å². The van der Waals surface area contributed by atoms with E-state index in [0.29, 0.717) is 17.8 Å². The third-order valence-electron chi connectivity index (χ3n) is 4.77. The maximum Gasteiger partial charge on any atom is 0.228 e. The summed E-state index contributed by atoms with van der Waals surface area (Å²) in [4.78, 5) is 11.4. The number of hydrogen-bond acceptors (Lipinski definition) is 1. The zero-order valence-corrected chi connectivity index (χ0v) is 12.3. The van der Waals surface area contributed by atoms with Crippen molar-refractivity contribution >= 4 is 23.2 Å². The number of halogens is 1. The lowest BCUT2D eigenvalue weighted by atomic mass is 9.78. The van der Waals surface area contributed by atoms with Crippen molar-refractivity contribution in [3.05, 3.63) is 29.3 Å². The minimum absolute atomic E-state index is 0.0542. The van der Waals surface area contributed by atoms with Crippen LogP contribution in [0.4, 0.5) is 5.69 Å². The topological polar surface area (TPSA) is 29.1 Å². The van der Waals surface area contributed by atoms with E-state index < -0.39 is 0 Å². The summed E-state index contributed by atoms with van der Waals surface area (Å²) in [7, 11) is 0. The first-order valence-corrected chi connectivity index (χ1v) is 7.48. The summed E-state index contributed by atoms with van der Waals surface area (Å²) in [5.41, 5.74) is 3.52. The fourth-order valence-electron chi connectivity index (χ4n) is 3.55. The molecule has 0 saturated heterocycles. The largest absolute Gasteiger partial charge is 0.326 e. The van der Waals surface area contributed by atoms with E-state index in [1.807, 2.05) is 6.07 Å². The molecule has 1 amide bonds. The summed E-state index contributed by atoms with van der Waals surface area (Å²) in [6.45, 7) is 4.64. The molecule has 2 nitrogen and oxygen atoms in total. The Labute approximate surface area is 119 Å². The van der Waals surface area contributed by atoms with E-state index in [4.69, 9.17) is 11.6 Å². The number of carbonyl (C=O) groups is 1. The van der Waals surface area contributed by atoms with Gasteiger partial charge in [0.25, 0.3) is 0 Å². The molecule has 2 unspecified atom stereocenters. The molecule has 1 saturated carbocycles. The number of carbonyl (C=O) groups excluding carboxylic acids is 1. The van der Waals surface area contributed by atoms with Crippen molar-refractivity contribution in [1.29, 1.82) is 0 Å². The van der Waals surface area contributed by atoms with Gasteiger partial charge in [0.1, 0.15) is 0 Å². The Bertz CT molecular complexity index is 523. The standard InChI is InChI=1S/C16H20ClNO/c1-16(2)7-3-4-12(16)15(17)10-5-6-13-11(8-10)9-14(19)18-13/h5-6,8,12,15H,3-4,7,9H2,1-2H3,(H,18,19). The van der Waals surface area contributed by atoms with Crippen LogP contribution in [0.3, 0.4) is 0 Å². The van der Waals surface area contributed by atoms with Gasteiger partial charge in [-0.05, 0) is 41.4 Å². The van der Waals surface area contributed by atoms with Gasteiger partial charge in [0.15, 0.2) is 0 Å². The number of anilines is 1. The molecule has 1 fully saturated rings. The van der Waals surface area contributed by atoms with Gasteiger partial charge in [-0.3, -0.25) is 4.79 Å². The summed E-state index contributed by atoms with van der Waals surface area (Å²) in [5, 5.41) is 2.92. The molecule has 1 aliphatic heterocycles. The highest BCUT2D eigenvalue weighted by Crippen LogP contribution is 2.51. The van der Waals surface area contributed by atoms with Crippen molar-refractivity contribution in [2.75, 3.05) is 5.32 Å². The second kappa shape index (κ2) is 4.52. The van der Waals surface area contributed by atoms with Gasteiger partial charge in [-0.2, -0.15) is 0 Å². The molecular weight excluding hydrogens is 258 g/mol. The summed E-state index contributed by atoms with van der Waals surface area (Å²) < 4.78 is 0. The summed E-state index contributed by atoms with van der Waals surface area (Å²) in [6, 6.07) is 6.17. The molecule has 3 rings (SSSR count). The molecule has 0 radical (unpaired) electrons. The average molecular weight is 278 g/mol. The van der Waals surface area contributed by atoms with Crippen LogP contribution < -0.4 is 5.32 Å². The van der Waals surface area contributed by atoms with Crippen molar-refractivity contribution in [2.45, 2.75) is 44.9 Å². The minimum Gasteiger partial charge on any atom is -0.326 e. The third kappa shape index (κ3) is 2.27. The quantitative estimate of drug-likeness (QED) is 0.803. The van der Waals surface area contributed by atoms with E-state index in [1.165, 1.54) is 19.3 Å². The van der Waals surface area contributed by atoms with Gasteiger partial charge in [-0.25, -0.2) is 0 Å². The number of benzene rings is 1. The summed E-state index contributed by atoms with van der Waals surface area (Å²) in [6.07, 6.45) is 4.22. The van der Waals surface area contributed by atoms with E-state index in [9.17, 15) is 4.79 Å². The van der Waals surface area contributed by atoms with Crippen molar-refractivity contribution < 1.29 is 4.79 Å². The molecule has 3 heteroatoms. The van der Waals surface area contributed by atoms with E-state index in [1.54, 1.807) is 0 Å². The summed E-state index contributed by atoms with van der Waals surface area (Å²) >= 11 is 6.73. The van der Waals surface area contributed by atoms with E-state index >= 15 is 0 Å². The highest BCUT2D eigenvalue weighted by molar-refractivity contribution is 6.21. The maximum atomic E-state index is 11.4. The van der Waals surface area contributed by atoms with Gasteiger partial charge in [0.05, 0.1) is 11.8 Å². The minimum atomic E-state index is 0.0542. The maximum absolute atomic E-state index is 11.4. The number of alkyl halides is 1. The van der Waals surface area contributed by atoms with Crippen molar-refractivity contribution in [1.82, 2.24) is 0 Å². The lowest BCUT2D eigenvalue weighted by Gasteiger charge is -2.31. The lowest BCUT2D eigenvalue weighted by Crippen LogP contribution is -2.21. The molecule has 2 atom stereocenters. The van der Waals surface area contributed by atoms with Gasteiger partial charge in [0.2, 0.25) is 5.91 Å². The Morgan fingerprint density at radius 3 is 2.89 bits per heavy atom. The molecule has 0 bridgehead atoms. The molecular formula is C16H20ClNO. The molecule has 2 aliphatic rings. The first kappa shape index (κ1) is 13.0. The normalized spacial score (nSPS) is 26.1. The molecule has 1 aromatic carbocycles. The smallest absolute Gasteiger partial charge is 0.228 e. The number of fused-ring (bicyclic) bond motifs is 1. The molecule has 0 aromatic heterocycles. The highest BCUT2D eigenvalue weighted by Gasteiger charge is 2.39. The van der Waals surface area contributed by atoms with Crippen LogP contribution >= 0.6 is 11.6 Å². The second-order valence-electron chi connectivity index (χ2n) is 6.53. The van der Waals surface area contributed by atoms with E-state index in [0.717, 1.165) is 16.8 Å². The van der Waals surface area contributed by atoms with Crippen molar-refractivity contribution in [3.8, 4) is 0 Å². The molecule has 1 aliphatic carbocycles. The van der Waals surface area contributed by atoms with Crippen LogP contribution in [0.2, 0.25) is 0 Å². The first-order chi connectivity index (χ1) is 8.97. The fraction of sp³-hybridized carbons (Fsp3) is 0.562. The first-order valence-electron chi connectivity index (χ1n) is 7.04. The van der Waals surface area contributed by atoms with Crippen LogP contribution in [0.15, 0.2) is 18.2 Å². The number of rotatable bonds is 2. The van der Waals surface area contributed by atoms with E-state index in [-0.39, 0.29) is 11.3 Å². The van der Waals surface area contributed by atoms with Crippen LogP contribution in [-0.2, 0) is 11.2 Å².